The van der Waals surface area contributed by atoms with Crippen molar-refractivity contribution in [2.24, 2.45) is 0 Å². The number of hydrogen-bond acceptors (Lipinski definition) is 3. The van der Waals surface area contributed by atoms with Gasteiger partial charge in [0.2, 0.25) is 5.43 Å². The summed E-state index contributed by atoms with van der Waals surface area (Å²) < 4.78 is 19.5. The van der Waals surface area contributed by atoms with E-state index in [4.69, 9.17) is 5.11 Å². The molecule has 0 bridgehead atoms. The molecule has 6 heteroatoms. The molecule has 0 unspecified atom stereocenters. The smallest absolute Gasteiger partial charge is 0.449 e. The van der Waals surface area contributed by atoms with Crippen molar-refractivity contribution in [3.8, 4) is 5.75 Å². The van der Waals surface area contributed by atoms with Crippen LogP contribution >= 0.6 is 0 Å². The maximum Gasteiger partial charge on any atom is 0.511 e. The molecule has 1 aromatic heterocycles. The van der Waals surface area contributed by atoms with E-state index in [9.17, 15) is 14.0 Å². The third-order valence-corrected chi connectivity index (χ3v) is 3.10. The number of fused-ring (bicyclic) bond motifs is 1. The number of ether oxygens (including phenoxy) is 1. The predicted octanol–water partition coefficient (Wildman–Crippen LogP) is 2.53. The van der Waals surface area contributed by atoms with Gasteiger partial charge in [-0.1, -0.05) is 0 Å². The van der Waals surface area contributed by atoms with Crippen molar-refractivity contribution >= 4 is 17.1 Å². The average Bonchev–Trinajstić information content (AvgIpc) is 3.16. The Morgan fingerprint density at radius 1 is 1.42 bits per heavy atom. The maximum absolute atomic E-state index is 13.3. The number of aromatic nitrogens is 1. The number of halogens is 1. The fourth-order valence-electron chi connectivity index (χ4n) is 2.12. The molecule has 1 heterocycles. The lowest BCUT2D eigenvalue weighted by Crippen LogP contribution is -2.16. The maximum atomic E-state index is 13.3. The SMILES string of the molecule is O=C(O)Oc1cn(C2CC2)c2ccc(F)cc2c1=O. The summed E-state index contributed by atoms with van der Waals surface area (Å²) in [4.78, 5) is 22.6. The third kappa shape index (κ3) is 2.05. The van der Waals surface area contributed by atoms with E-state index in [1.54, 1.807) is 4.57 Å². The standard InChI is InChI=1S/C13H10FNO4/c14-7-1-4-10-9(5-7)12(16)11(19-13(17)18)6-15(10)8-2-3-8/h1,4-6,8H,2-3H2,(H,17,18). The molecule has 0 radical (unpaired) electrons. The molecule has 0 atom stereocenters. The number of hydrogen-bond donors (Lipinski definition) is 1. The van der Waals surface area contributed by atoms with Gasteiger partial charge in [-0.15, -0.1) is 0 Å². The highest BCUT2D eigenvalue weighted by Gasteiger charge is 2.26. The Morgan fingerprint density at radius 2 is 2.16 bits per heavy atom. The summed E-state index contributed by atoms with van der Waals surface area (Å²) in [5.74, 6) is -0.836. The van der Waals surface area contributed by atoms with Crippen molar-refractivity contribution in [1.82, 2.24) is 4.57 Å². The molecule has 1 N–H and O–H groups in total. The van der Waals surface area contributed by atoms with E-state index < -0.39 is 17.4 Å². The van der Waals surface area contributed by atoms with Crippen LogP contribution in [0.5, 0.6) is 5.75 Å². The van der Waals surface area contributed by atoms with Crippen LogP contribution in [0.15, 0.2) is 29.2 Å². The Kier molecular flexibility index (Phi) is 2.51. The number of carboxylic acid groups (broad SMARTS) is 1. The van der Waals surface area contributed by atoms with Gasteiger partial charge in [-0.25, -0.2) is 9.18 Å². The molecule has 0 spiro atoms. The van der Waals surface area contributed by atoms with E-state index in [0.29, 0.717) is 5.52 Å². The molecule has 0 saturated heterocycles. The molecule has 1 aliphatic rings. The minimum absolute atomic E-state index is 0.130. The molecule has 19 heavy (non-hydrogen) atoms. The second-order valence-corrected chi connectivity index (χ2v) is 4.49. The number of carbonyl (C=O) groups is 1. The van der Waals surface area contributed by atoms with Gasteiger partial charge in [0.15, 0.2) is 5.75 Å². The first kappa shape index (κ1) is 11.7. The zero-order valence-electron chi connectivity index (χ0n) is 9.80. The van der Waals surface area contributed by atoms with Crippen LogP contribution in [-0.2, 0) is 0 Å². The molecule has 1 aromatic carbocycles. The summed E-state index contributed by atoms with van der Waals surface area (Å²) in [6, 6.07) is 4.11. The molecule has 5 nitrogen and oxygen atoms in total. The normalized spacial score (nSPS) is 14.6. The Bertz CT molecular complexity index is 733. The first-order valence-electron chi connectivity index (χ1n) is 5.81. The van der Waals surface area contributed by atoms with Gasteiger partial charge in [-0.2, -0.15) is 0 Å². The minimum atomic E-state index is -1.56. The third-order valence-electron chi connectivity index (χ3n) is 3.10. The van der Waals surface area contributed by atoms with Crippen LogP contribution in [0.4, 0.5) is 9.18 Å². The molecule has 1 fully saturated rings. The largest absolute Gasteiger partial charge is 0.511 e. The Hall–Kier alpha value is -2.37. The first-order chi connectivity index (χ1) is 9.06. The summed E-state index contributed by atoms with van der Waals surface area (Å²) >= 11 is 0. The zero-order valence-corrected chi connectivity index (χ0v) is 9.80. The highest BCUT2D eigenvalue weighted by molar-refractivity contribution is 5.81. The fraction of sp³-hybridized carbons (Fsp3) is 0.231. The van der Waals surface area contributed by atoms with Crippen molar-refractivity contribution < 1.29 is 19.0 Å². The summed E-state index contributed by atoms with van der Waals surface area (Å²) in [6.45, 7) is 0. The number of benzene rings is 1. The van der Waals surface area contributed by atoms with E-state index in [2.05, 4.69) is 4.74 Å². The quantitative estimate of drug-likeness (QED) is 0.845. The highest BCUT2D eigenvalue weighted by Crippen LogP contribution is 2.37. The van der Waals surface area contributed by atoms with Crippen molar-refractivity contribution in [3.05, 3.63) is 40.4 Å². The van der Waals surface area contributed by atoms with E-state index in [1.807, 2.05) is 0 Å². The van der Waals surface area contributed by atoms with Gasteiger partial charge in [0, 0.05) is 6.04 Å². The Balaban J connectivity index is 2.30. The van der Waals surface area contributed by atoms with Crippen LogP contribution in [0.3, 0.4) is 0 Å². The molecule has 98 valence electrons. The lowest BCUT2D eigenvalue weighted by atomic mass is 10.2. The van der Waals surface area contributed by atoms with Crippen molar-refractivity contribution in [2.45, 2.75) is 18.9 Å². The molecular formula is C13H10FNO4. The van der Waals surface area contributed by atoms with Crippen LogP contribution in [0.1, 0.15) is 18.9 Å². The molecule has 2 aromatic rings. The van der Waals surface area contributed by atoms with Crippen LogP contribution in [0.2, 0.25) is 0 Å². The predicted molar refractivity (Wildman–Crippen MR) is 65.1 cm³/mol. The van der Waals surface area contributed by atoms with Crippen LogP contribution in [-0.4, -0.2) is 15.8 Å². The summed E-state index contributed by atoms with van der Waals surface area (Å²) in [6.07, 6.45) is 1.72. The second kappa shape index (κ2) is 4.08. The topological polar surface area (TPSA) is 68.5 Å². The summed E-state index contributed by atoms with van der Waals surface area (Å²) in [5.41, 5.74) is -0.0274. The number of pyridine rings is 1. The van der Waals surface area contributed by atoms with Crippen molar-refractivity contribution in [1.29, 1.82) is 0 Å². The fourth-order valence-corrected chi connectivity index (χ4v) is 2.12. The first-order valence-corrected chi connectivity index (χ1v) is 5.81. The summed E-state index contributed by atoms with van der Waals surface area (Å²) in [5, 5.41) is 8.75. The van der Waals surface area contributed by atoms with Gasteiger partial charge in [-0.3, -0.25) is 4.79 Å². The van der Waals surface area contributed by atoms with Crippen molar-refractivity contribution in [3.63, 3.8) is 0 Å². The van der Waals surface area contributed by atoms with E-state index in [-0.39, 0.29) is 17.2 Å². The van der Waals surface area contributed by atoms with E-state index in [0.717, 1.165) is 18.9 Å². The van der Waals surface area contributed by atoms with Crippen molar-refractivity contribution in [2.75, 3.05) is 0 Å². The monoisotopic (exact) mass is 263 g/mol. The summed E-state index contributed by atoms with van der Waals surface area (Å²) in [7, 11) is 0. The molecular weight excluding hydrogens is 253 g/mol. The lowest BCUT2D eigenvalue weighted by Gasteiger charge is -2.11. The molecule has 0 aliphatic heterocycles. The Morgan fingerprint density at radius 3 is 2.79 bits per heavy atom. The molecule has 3 rings (SSSR count). The zero-order chi connectivity index (χ0) is 13.6. The molecule has 1 aliphatic carbocycles. The van der Waals surface area contributed by atoms with Gasteiger partial charge in [-0.05, 0) is 31.0 Å². The van der Waals surface area contributed by atoms with Crippen LogP contribution in [0.25, 0.3) is 10.9 Å². The Labute approximate surface area is 106 Å². The van der Waals surface area contributed by atoms with Gasteiger partial charge in [0.1, 0.15) is 5.82 Å². The molecule has 0 amide bonds. The van der Waals surface area contributed by atoms with E-state index in [1.165, 1.54) is 18.3 Å². The average molecular weight is 263 g/mol. The van der Waals surface area contributed by atoms with E-state index >= 15 is 0 Å². The van der Waals surface area contributed by atoms with Gasteiger partial charge >= 0.3 is 6.16 Å². The number of nitrogens with zero attached hydrogens (tertiary/aromatic N) is 1. The lowest BCUT2D eigenvalue weighted by molar-refractivity contribution is 0.143. The second-order valence-electron chi connectivity index (χ2n) is 4.49. The van der Waals surface area contributed by atoms with Gasteiger partial charge < -0.3 is 14.4 Å². The van der Waals surface area contributed by atoms with Gasteiger partial charge in [0.05, 0.1) is 17.1 Å². The minimum Gasteiger partial charge on any atom is -0.449 e. The highest BCUT2D eigenvalue weighted by atomic mass is 19.1. The molecule has 1 saturated carbocycles. The van der Waals surface area contributed by atoms with Gasteiger partial charge in [0.25, 0.3) is 0 Å². The van der Waals surface area contributed by atoms with Crippen LogP contribution in [0, 0.1) is 5.82 Å². The van der Waals surface area contributed by atoms with Crippen LogP contribution < -0.4 is 10.2 Å². The number of rotatable bonds is 2.